The summed E-state index contributed by atoms with van der Waals surface area (Å²) in [5.74, 6) is 1.93. The molecule has 66 heavy (non-hydrogen) atoms. The maximum absolute atomic E-state index is 10.1. The monoisotopic (exact) mass is 850 g/mol. The van der Waals surface area contributed by atoms with E-state index in [1.54, 1.807) is 6.33 Å². The molecule has 0 unspecified atom stereocenters. The zero-order valence-electron chi connectivity index (χ0n) is 35.0. The number of H-pyrrole nitrogens is 1. The minimum Gasteiger partial charge on any atom is -0.493 e. The van der Waals surface area contributed by atoms with Crippen LogP contribution in [0, 0.1) is 0 Å². The number of hydrogen-bond donors (Lipinski definition) is 3. The summed E-state index contributed by atoms with van der Waals surface area (Å²) in [6, 6.07) is 12.3. The second-order valence-corrected chi connectivity index (χ2v) is 11.8. The van der Waals surface area contributed by atoms with Gasteiger partial charge in [0.1, 0.15) is 18.1 Å². The highest BCUT2D eigenvalue weighted by molar-refractivity contribution is 6.64. The molecule has 2 aliphatic heterocycles. The van der Waals surface area contributed by atoms with Gasteiger partial charge in [-0.3, -0.25) is 0 Å². The van der Waals surface area contributed by atoms with Gasteiger partial charge in [0.2, 0.25) is 0 Å². The number of aromatic nitrogens is 2. The number of aromatic amines is 1. The van der Waals surface area contributed by atoms with Crippen molar-refractivity contribution >= 4 is 19.3 Å². The van der Waals surface area contributed by atoms with E-state index in [0.29, 0.717) is 19.7 Å². The van der Waals surface area contributed by atoms with E-state index in [2.05, 4.69) is 217 Å². The largest absolute Gasteiger partial charge is 0.493 e. The number of rotatable bonds is 7. The first-order valence-corrected chi connectivity index (χ1v) is 19.2. The average Bonchev–Trinajstić information content (AvgIpc) is 3.86. The number of imidazole rings is 1. The first-order chi connectivity index (χ1) is 32.2. The SMILES string of the molecule is C.C=C=C=C=C=C=C=C=C=C=C=C=C=C=C=C=C=C=C=C=C=C=C=C=C=C=C=C=C=C=C=C.NCc1ccc2c(c1)N(Cc1cnc[nH]1)CCO2.O=C[B]NCc1ccc2c(c1)CCCO2. The number of carbonyl (C=O) groups is 1. The van der Waals surface area contributed by atoms with Crippen molar-refractivity contribution < 1.29 is 14.3 Å². The molecule has 3 aromatic rings. The Hall–Kier alpha value is -10.2. The number of fused-ring (bicyclic) bond motifs is 2. The van der Waals surface area contributed by atoms with Gasteiger partial charge in [-0.15, -0.1) is 0 Å². The number of nitrogens with two attached hydrogens (primary N) is 1. The highest BCUT2D eigenvalue weighted by Crippen LogP contribution is 2.33. The third kappa shape index (κ3) is 23.6. The van der Waals surface area contributed by atoms with E-state index < -0.39 is 0 Å². The first-order valence-electron chi connectivity index (χ1n) is 19.2. The molecule has 311 valence electrons. The third-order valence-corrected chi connectivity index (χ3v) is 7.46. The van der Waals surface area contributed by atoms with Crippen LogP contribution < -0.4 is 25.3 Å². The zero-order valence-corrected chi connectivity index (χ0v) is 35.0. The van der Waals surface area contributed by atoms with Gasteiger partial charge >= 0.3 is 0 Å². The summed E-state index contributed by atoms with van der Waals surface area (Å²) in [4.78, 5) is 19.5. The van der Waals surface area contributed by atoms with Crippen molar-refractivity contribution in [3.05, 3.63) is 256 Å². The lowest BCUT2D eigenvalue weighted by Crippen LogP contribution is -2.32. The molecule has 0 atom stereocenters. The van der Waals surface area contributed by atoms with Crippen LogP contribution in [-0.2, 0) is 30.8 Å². The van der Waals surface area contributed by atoms with Crippen molar-refractivity contribution in [3.63, 3.8) is 0 Å². The second-order valence-electron chi connectivity index (χ2n) is 11.8. The predicted octanol–water partition coefficient (Wildman–Crippen LogP) is 8.27. The van der Waals surface area contributed by atoms with Crippen LogP contribution in [0.25, 0.3) is 0 Å². The smallest absolute Gasteiger partial charge is 0.290 e. The Bertz CT molecular complexity index is 3290. The van der Waals surface area contributed by atoms with Crippen LogP contribution in [-0.4, -0.2) is 43.3 Å². The molecule has 0 saturated carbocycles. The van der Waals surface area contributed by atoms with Crippen LogP contribution in [0.5, 0.6) is 11.5 Å². The molecule has 8 nitrogen and oxygen atoms in total. The van der Waals surface area contributed by atoms with Gasteiger partial charge in [0.05, 0.1) is 43.6 Å². The standard InChI is InChI=1S/C32H4.C13H16N4O.C11H13BNO2.CH4/c1-3-5-7-9-11-13-15-17-19-21-23-25-27-29-31-32-30-28-26-24-22-20-18-16-14-12-10-8-6-4-2;14-6-10-1-2-13-12(5-10)17(3-4-18-13)8-11-7-15-9-16-11;14-8-12-13-7-9-3-4-11-10(6-9)2-1-5-15-11;/h1-2H2;1-2,5,7,9H,3-4,6,8,14H2,(H,15,16);3-4,6,8,13H,1-2,5,7H2;1H4. The van der Waals surface area contributed by atoms with Gasteiger partial charge in [-0.25, -0.2) is 4.98 Å². The van der Waals surface area contributed by atoms with Gasteiger partial charge in [-0.05, 0) is 153 Å². The number of carbonyl (C=O) groups excluding carboxylic acids is 1. The van der Waals surface area contributed by atoms with Crippen LogP contribution >= 0.6 is 0 Å². The van der Waals surface area contributed by atoms with Gasteiger partial charge in [0, 0.05) is 88.1 Å². The lowest BCUT2D eigenvalue weighted by atomic mass is 9.97. The number of hydrogen-bond acceptors (Lipinski definition) is 7. The Balaban J connectivity index is 0.000000367. The van der Waals surface area contributed by atoms with Crippen molar-refractivity contribution in [2.75, 3.05) is 24.7 Å². The number of aryl methyl sites for hydroxylation is 1. The maximum Gasteiger partial charge on any atom is 0.290 e. The summed E-state index contributed by atoms with van der Waals surface area (Å²) in [5, 5.41) is 2.92. The molecule has 0 aliphatic carbocycles. The fourth-order valence-corrected chi connectivity index (χ4v) is 4.84. The van der Waals surface area contributed by atoms with Crippen LogP contribution in [0.4, 0.5) is 5.69 Å². The molecule has 4 N–H and O–H groups in total. The van der Waals surface area contributed by atoms with Gasteiger partial charge in [-0.1, -0.05) is 37.1 Å². The topological polar surface area (TPSA) is 106 Å². The van der Waals surface area contributed by atoms with E-state index in [1.165, 1.54) is 18.5 Å². The van der Waals surface area contributed by atoms with Gasteiger partial charge < -0.3 is 35.1 Å². The van der Waals surface area contributed by atoms with E-state index in [9.17, 15) is 4.79 Å². The Kier molecular flexibility index (Phi) is 28.0. The number of benzene rings is 2. The molecule has 1 aromatic heterocycles. The van der Waals surface area contributed by atoms with E-state index in [4.69, 9.17) is 15.2 Å². The fraction of sp³-hybridized carbons (Fsp3) is 0.158. The highest BCUT2D eigenvalue weighted by Gasteiger charge is 2.19. The summed E-state index contributed by atoms with van der Waals surface area (Å²) >= 11 is 0. The molecule has 3 heterocycles. The minimum atomic E-state index is 0. The molecule has 0 bridgehead atoms. The normalized spacial score (nSPS) is 8.89. The predicted molar refractivity (Wildman–Crippen MR) is 252 cm³/mol. The lowest BCUT2D eigenvalue weighted by Gasteiger charge is -2.31. The molecule has 1 radical (unpaired) electrons. The van der Waals surface area contributed by atoms with Crippen LogP contribution in [0.3, 0.4) is 0 Å². The summed E-state index contributed by atoms with van der Waals surface area (Å²) in [6.07, 6.45) is 6.47. The second kappa shape index (κ2) is 35.6. The van der Waals surface area contributed by atoms with E-state index in [1.807, 2.05) is 30.5 Å². The Morgan fingerprint density at radius 3 is 1.59 bits per heavy atom. The quantitative estimate of drug-likeness (QED) is 0.0952. The molecule has 9 heteroatoms. The average molecular weight is 851 g/mol. The molecule has 0 saturated heterocycles. The molecular formula is C57H37BN5O3. The van der Waals surface area contributed by atoms with Crippen LogP contribution in [0.2, 0.25) is 0 Å². The van der Waals surface area contributed by atoms with Crippen LogP contribution in [0.15, 0.2) is 234 Å². The Labute approximate surface area is 385 Å². The van der Waals surface area contributed by atoms with E-state index in [-0.39, 0.29) is 7.43 Å². The van der Waals surface area contributed by atoms with Gasteiger partial charge in [0.15, 0.2) is 0 Å². The first kappa shape index (κ1) is 52.0. The van der Waals surface area contributed by atoms with Crippen LogP contribution in [0.1, 0.15) is 36.2 Å². The van der Waals surface area contributed by atoms with Crippen molar-refractivity contribution in [2.24, 2.45) is 5.73 Å². The van der Waals surface area contributed by atoms with Crippen molar-refractivity contribution in [3.8, 4) is 11.5 Å². The fourth-order valence-electron chi connectivity index (χ4n) is 4.84. The highest BCUT2D eigenvalue weighted by atomic mass is 16.5. The summed E-state index contributed by atoms with van der Waals surface area (Å²) in [7, 11) is 1.41. The van der Waals surface area contributed by atoms with E-state index in [0.717, 1.165) is 67.2 Å². The van der Waals surface area contributed by atoms with Gasteiger partial charge in [-0.2, -0.15) is 0 Å². The molecular weight excluding hydrogens is 813 g/mol. The zero-order chi connectivity index (χ0) is 46.1. The third-order valence-electron chi connectivity index (χ3n) is 7.46. The molecule has 0 amide bonds. The Morgan fingerprint density at radius 1 is 0.667 bits per heavy atom. The molecule has 0 spiro atoms. The summed E-state index contributed by atoms with van der Waals surface area (Å²) < 4.78 is 11.2. The number of ether oxygens (including phenoxy) is 2. The summed E-state index contributed by atoms with van der Waals surface area (Å²) in [5.41, 5.74) is 85.9. The number of nitrogens with one attached hydrogen (secondary N) is 2. The van der Waals surface area contributed by atoms with E-state index >= 15 is 0 Å². The van der Waals surface area contributed by atoms with Crippen molar-refractivity contribution in [1.29, 1.82) is 0 Å². The molecule has 2 aliphatic rings. The Morgan fingerprint density at radius 2 is 1.14 bits per heavy atom. The molecule has 0 fully saturated rings. The number of nitrogens with zero attached hydrogens (tertiary/aromatic N) is 2. The maximum atomic E-state index is 10.1. The van der Waals surface area contributed by atoms with Crippen molar-refractivity contribution in [1.82, 2.24) is 15.2 Å². The lowest BCUT2D eigenvalue weighted by molar-refractivity contribution is 0.288. The molecule has 2 aromatic carbocycles. The number of anilines is 1. The summed E-state index contributed by atoms with van der Waals surface area (Å²) in [6.45, 7) is 11.1. The minimum absolute atomic E-state index is 0. The molecule has 5 rings (SSSR count). The van der Waals surface area contributed by atoms with Gasteiger partial charge in [0.25, 0.3) is 7.41 Å². The van der Waals surface area contributed by atoms with Crippen molar-refractivity contribution in [2.45, 2.75) is 39.9 Å².